The van der Waals surface area contributed by atoms with E-state index in [1.807, 2.05) is 24.3 Å². The van der Waals surface area contributed by atoms with E-state index in [2.05, 4.69) is 20.7 Å². The van der Waals surface area contributed by atoms with Crippen molar-refractivity contribution in [3.05, 3.63) is 64.1 Å². The van der Waals surface area contributed by atoms with E-state index in [0.717, 1.165) is 22.2 Å². The number of carbonyl (C=O) groups excluding carboxylic acids is 1. The third-order valence-electron chi connectivity index (χ3n) is 3.62. The van der Waals surface area contributed by atoms with Crippen LogP contribution in [0.4, 0.5) is 8.78 Å². The molecule has 1 amide bonds. The highest BCUT2D eigenvalue weighted by atomic mass is 79.9. The fourth-order valence-corrected chi connectivity index (χ4v) is 3.63. The summed E-state index contributed by atoms with van der Waals surface area (Å²) in [5.74, 6) is -2.64. The number of rotatable bonds is 7. The summed E-state index contributed by atoms with van der Waals surface area (Å²) in [5, 5.41) is 0. The molecule has 1 N–H and O–H groups in total. The van der Waals surface area contributed by atoms with Crippen LogP contribution >= 0.6 is 15.9 Å². The van der Waals surface area contributed by atoms with Crippen molar-refractivity contribution in [3.8, 4) is 0 Å². The monoisotopic (exact) mass is 446 g/mol. The molecule has 0 saturated carbocycles. The average Bonchev–Trinajstić information content (AvgIpc) is 2.59. The quantitative estimate of drug-likeness (QED) is 0.710. The maximum atomic E-state index is 13.2. The Hall–Kier alpha value is -1.84. The molecule has 0 spiro atoms. The number of hydrogen-bond donors (Lipinski definition) is 1. The minimum atomic E-state index is -4.02. The highest BCUT2D eigenvalue weighted by Crippen LogP contribution is 2.17. The molecule has 0 aliphatic rings. The van der Waals surface area contributed by atoms with Crippen LogP contribution in [0.2, 0.25) is 0 Å². The van der Waals surface area contributed by atoms with E-state index in [4.69, 9.17) is 0 Å². The van der Waals surface area contributed by atoms with Crippen LogP contribution < -0.4 is 4.72 Å². The number of sulfonamides is 1. The van der Waals surface area contributed by atoms with Crippen molar-refractivity contribution in [2.45, 2.75) is 17.9 Å². The molecule has 0 radical (unpaired) electrons. The molecule has 9 heteroatoms. The van der Waals surface area contributed by atoms with Gasteiger partial charge >= 0.3 is 0 Å². The third-order valence-corrected chi connectivity index (χ3v) is 5.86. The largest absolute Gasteiger partial charge is 0.341 e. The Morgan fingerprint density at radius 3 is 2.50 bits per heavy atom. The normalized spacial score (nSPS) is 11.4. The number of nitrogens with one attached hydrogen (secondary N) is 1. The Morgan fingerprint density at radius 2 is 1.85 bits per heavy atom. The van der Waals surface area contributed by atoms with Gasteiger partial charge in [-0.15, -0.1) is 0 Å². The van der Waals surface area contributed by atoms with Gasteiger partial charge in [0.05, 0.1) is 4.90 Å². The first-order valence-electron chi connectivity index (χ1n) is 7.63. The van der Waals surface area contributed by atoms with Crippen LogP contribution in [0.25, 0.3) is 0 Å². The lowest BCUT2D eigenvalue weighted by Gasteiger charge is -2.18. The maximum absolute atomic E-state index is 13.2. The summed E-state index contributed by atoms with van der Waals surface area (Å²) in [6, 6.07) is 9.75. The lowest BCUT2D eigenvalue weighted by molar-refractivity contribution is -0.130. The summed E-state index contributed by atoms with van der Waals surface area (Å²) in [4.78, 5) is 13.2. The van der Waals surface area contributed by atoms with Crippen molar-refractivity contribution in [2.24, 2.45) is 0 Å². The lowest BCUT2D eigenvalue weighted by Crippen LogP contribution is -2.32. The second-order valence-electron chi connectivity index (χ2n) is 5.56. The van der Waals surface area contributed by atoms with Gasteiger partial charge in [-0.3, -0.25) is 4.79 Å². The summed E-state index contributed by atoms with van der Waals surface area (Å²) < 4.78 is 53.3. The smallest absolute Gasteiger partial charge is 0.240 e. The Balaban J connectivity index is 1.90. The van der Waals surface area contributed by atoms with E-state index in [1.54, 1.807) is 7.05 Å². The molecule has 2 aromatic carbocycles. The molecule has 0 aliphatic heterocycles. The van der Waals surface area contributed by atoms with Crippen molar-refractivity contribution in [1.82, 2.24) is 9.62 Å². The molecule has 0 fully saturated rings. The number of hydrogen-bond acceptors (Lipinski definition) is 3. The SMILES string of the molecule is CN(Cc1ccccc1Br)C(=O)CCNS(=O)(=O)c1ccc(F)c(F)c1. The van der Waals surface area contributed by atoms with E-state index in [0.29, 0.717) is 12.6 Å². The van der Waals surface area contributed by atoms with Crippen LogP contribution in [-0.4, -0.2) is 32.8 Å². The van der Waals surface area contributed by atoms with Crippen LogP contribution in [0.3, 0.4) is 0 Å². The van der Waals surface area contributed by atoms with Crippen LogP contribution in [0, 0.1) is 11.6 Å². The Kier molecular flexibility index (Phi) is 6.85. The summed E-state index contributed by atoms with van der Waals surface area (Å²) in [6.07, 6.45) is -0.0656. The summed E-state index contributed by atoms with van der Waals surface area (Å²) in [6.45, 7) is 0.219. The number of benzene rings is 2. The first kappa shape index (κ1) is 20.5. The first-order valence-corrected chi connectivity index (χ1v) is 9.90. The molecule has 140 valence electrons. The topological polar surface area (TPSA) is 66.5 Å². The predicted octanol–water partition coefficient (Wildman–Crippen LogP) is 3.05. The van der Waals surface area contributed by atoms with Gasteiger partial charge in [0.1, 0.15) is 0 Å². The molecule has 5 nitrogen and oxygen atoms in total. The van der Waals surface area contributed by atoms with Crippen molar-refractivity contribution in [2.75, 3.05) is 13.6 Å². The first-order chi connectivity index (χ1) is 12.2. The molecule has 0 aromatic heterocycles. The van der Waals surface area contributed by atoms with Gasteiger partial charge in [0.25, 0.3) is 0 Å². The molecular formula is C17H17BrF2N2O3S. The van der Waals surface area contributed by atoms with Gasteiger partial charge in [-0.25, -0.2) is 21.9 Å². The van der Waals surface area contributed by atoms with Crippen LogP contribution in [0.15, 0.2) is 51.8 Å². The molecule has 0 aliphatic carbocycles. The average molecular weight is 447 g/mol. The van der Waals surface area contributed by atoms with E-state index in [-0.39, 0.29) is 18.9 Å². The van der Waals surface area contributed by atoms with Gasteiger partial charge < -0.3 is 4.90 Å². The molecule has 0 unspecified atom stereocenters. The van der Waals surface area contributed by atoms with E-state index in [9.17, 15) is 22.0 Å². The number of amides is 1. The zero-order valence-corrected chi connectivity index (χ0v) is 16.3. The lowest BCUT2D eigenvalue weighted by atomic mass is 10.2. The molecular weight excluding hydrogens is 430 g/mol. The molecule has 0 atom stereocenters. The van der Waals surface area contributed by atoms with Gasteiger partial charge in [0.2, 0.25) is 15.9 Å². The van der Waals surface area contributed by atoms with Gasteiger partial charge in [-0.05, 0) is 29.8 Å². The van der Waals surface area contributed by atoms with Crippen molar-refractivity contribution >= 4 is 31.9 Å². The van der Waals surface area contributed by atoms with Gasteiger partial charge in [0, 0.05) is 31.0 Å². The second-order valence-corrected chi connectivity index (χ2v) is 8.19. The summed E-state index contributed by atoms with van der Waals surface area (Å²) >= 11 is 3.40. The number of nitrogens with zero attached hydrogens (tertiary/aromatic N) is 1. The predicted molar refractivity (Wildman–Crippen MR) is 96.8 cm³/mol. The van der Waals surface area contributed by atoms with Crippen LogP contribution in [0.5, 0.6) is 0 Å². The van der Waals surface area contributed by atoms with Gasteiger partial charge in [-0.1, -0.05) is 34.1 Å². The van der Waals surface area contributed by atoms with Crippen molar-refractivity contribution in [3.63, 3.8) is 0 Å². The molecule has 2 rings (SSSR count). The highest BCUT2D eigenvalue weighted by Gasteiger charge is 2.17. The Morgan fingerprint density at radius 1 is 1.15 bits per heavy atom. The Labute approximate surface area is 159 Å². The van der Waals surface area contributed by atoms with E-state index in [1.165, 1.54) is 4.90 Å². The van der Waals surface area contributed by atoms with Crippen LogP contribution in [-0.2, 0) is 21.4 Å². The summed E-state index contributed by atoms with van der Waals surface area (Å²) in [5.41, 5.74) is 0.922. The van der Waals surface area contributed by atoms with Crippen molar-refractivity contribution in [1.29, 1.82) is 0 Å². The fourth-order valence-electron chi connectivity index (χ4n) is 2.18. The zero-order chi connectivity index (χ0) is 19.3. The summed E-state index contributed by atoms with van der Waals surface area (Å²) in [7, 11) is -2.40. The standard InChI is InChI=1S/C17H17BrF2N2O3S/c1-22(11-12-4-2-3-5-14(12)18)17(23)8-9-21-26(24,25)13-6-7-15(19)16(20)10-13/h2-7,10,21H,8-9,11H2,1H3. The number of halogens is 3. The third kappa shape index (κ3) is 5.33. The van der Waals surface area contributed by atoms with Crippen molar-refractivity contribution < 1.29 is 22.0 Å². The van der Waals surface area contributed by atoms with Gasteiger partial charge in [-0.2, -0.15) is 0 Å². The fraction of sp³-hybridized carbons (Fsp3) is 0.235. The molecule has 0 heterocycles. The second kappa shape index (κ2) is 8.70. The number of carbonyl (C=O) groups is 1. The zero-order valence-electron chi connectivity index (χ0n) is 13.9. The molecule has 0 bridgehead atoms. The Bertz CT molecular complexity index is 907. The molecule has 26 heavy (non-hydrogen) atoms. The van der Waals surface area contributed by atoms with E-state index >= 15 is 0 Å². The molecule has 2 aromatic rings. The maximum Gasteiger partial charge on any atom is 0.240 e. The van der Waals surface area contributed by atoms with E-state index < -0.39 is 26.6 Å². The molecule has 0 saturated heterocycles. The van der Waals surface area contributed by atoms with Crippen LogP contribution in [0.1, 0.15) is 12.0 Å². The minimum Gasteiger partial charge on any atom is -0.341 e. The minimum absolute atomic E-state index is 0.0656. The highest BCUT2D eigenvalue weighted by molar-refractivity contribution is 9.10. The van der Waals surface area contributed by atoms with Gasteiger partial charge in [0.15, 0.2) is 11.6 Å².